The maximum atomic E-state index is 14.7. The SMILES string of the molecule is CC#Cc1cc(-c2nn(-c3nc(C(=O)O)cs3)c(CC3CC3)c2Cc2ccc(S(N)(=O)=O)c(F)c2)ccc1F. The molecule has 0 unspecified atom stereocenters. The van der Waals surface area contributed by atoms with Gasteiger partial charge < -0.3 is 5.11 Å². The van der Waals surface area contributed by atoms with Gasteiger partial charge in [0.25, 0.3) is 0 Å². The molecule has 200 valence electrons. The Morgan fingerprint density at radius 1 is 1.21 bits per heavy atom. The number of nitrogens with two attached hydrogens (primary N) is 1. The van der Waals surface area contributed by atoms with Crippen molar-refractivity contribution in [1.29, 1.82) is 0 Å². The molecule has 1 fully saturated rings. The molecule has 8 nitrogen and oxygen atoms in total. The minimum Gasteiger partial charge on any atom is -0.476 e. The van der Waals surface area contributed by atoms with E-state index >= 15 is 0 Å². The van der Waals surface area contributed by atoms with E-state index < -0.39 is 32.5 Å². The largest absolute Gasteiger partial charge is 0.476 e. The van der Waals surface area contributed by atoms with Crippen LogP contribution in [-0.2, 0) is 22.9 Å². The summed E-state index contributed by atoms with van der Waals surface area (Å²) in [6.45, 7) is 1.60. The first-order valence-electron chi connectivity index (χ1n) is 11.9. The van der Waals surface area contributed by atoms with Gasteiger partial charge in [0, 0.05) is 22.9 Å². The third-order valence-corrected chi connectivity index (χ3v) is 8.10. The van der Waals surface area contributed by atoms with Crippen LogP contribution in [-0.4, -0.2) is 34.3 Å². The first kappa shape index (κ1) is 26.7. The van der Waals surface area contributed by atoms with Gasteiger partial charge in [0.1, 0.15) is 16.5 Å². The van der Waals surface area contributed by atoms with E-state index in [0.717, 1.165) is 42.0 Å². The highest BCUT2D eigenvalue weighted by Gasteiger charge is 2.29. The van der Waals surface area contributed by atoms with Crippen molar-refractivity contribution in [3.8, 4) is 28.2 Å². The van der Waals surface area contributed by atoms with Crippen LogP contribution < -0.4 is 5.14 Å². The smallest absolute Gasteiger partial charge is 0.355 e. The molecule has 0 amide bonds. The molecule has 5 rings (SSSR count). The molecule has 2 aromatic carbocycles. The summed E-state index contributed by atoms with van der Waals surface area (Å²) in [7, 11) is -4.24. The molecule has 1 aliphatic carbocycles. The zero-order valence-corrected chi connectivity index (χ0v) is 22.2. The van der Waals surface area contributed by atoms with Crippen molar-refractivity contribution >= 4 is 27.3 Å². The number of carboxylic acids is 1. The van der Waals surface area contributed by atoms with Gasteiger partial charge in [-0.25, -0.2) is 36.8 Å². The molecular formula is C27H22F2N4O4S2. The summed E-state index contributed by atoms with van der Waals surface area (Å²) >= 11 is 1.12. The number of hydrogen-bond acceptors (Lipinski definition) is 6. The number of primary sulfonamides is 1. The van der Waals surface area contributed by atoms with Gasteiger partial charge in [-0.05, 0) is 68.0 Å². The second-order valence-corrected chi connectivity index (χ2v) is 11.6. The van der Waals surface area contributed by atoms with Crippen LogP contribution in [0.15, 0.2) is 46.7 Å². The summed E-state index contributed by atoms with van der Waals surface area (Å²) in [4.78, 5) is 15.1. The molecule has 1 saturated carbocycles. The molecular weight excluding hydrogens is 546 g/mol. The Kier molecular flexibility index (Phi) is 7.07. The topological polar surface area (TPSA) is 128 Å². The Morgan fingerprint density at radius 2 is 1.97 bits per heavy atom. The average Bonchev–Trinajstić information content (AvgIpc) is 3.43. The number of benzene rings is 2. The van der Waals surface area contributed by atoms with Crippen molar-refractivity contribution < 1.29 is 27.1 Å². The lowest BCUT2D eigenvalue weighted by molar-refractivity contribution is 0.0691. The third-order valence-electron chi connectivity index (χ3n) is 6.34. The van der Waals surface area contributed by atoms with Crippen molar-refractivity contribution in [2.45, 2.75) is 37.5 Å². The van der Waals surface area contributed by atoms with E-state index in [1.807, 2.05) is 0 Å². The standard InChI is InChI=1S/C27H22F2N4O4S2/c1-2-3-17-13-18(7-8-20(17)28)25-19(10-16-6-9-24(21(29)11-16)39(30,36)37)23(12-15-4-5-15)33(32-25)27-31-22(14-38-27)26(34)35/h6-9,11,13-15H,4-5,10,12H2,1H3,(H,34,35)(H2,30,36,37). The summed E-state index contributed by atoms with van der Waals surface area (Å²) in [5.74, 6) is 3.20. The van der Waals surface area contributed by atoms with E-state index in [1.54, 1.807) is 23.7 Å². The van der Waals surface area contributed by atoms with Gasteiger partial charge in [0.2, 0.25) is 15.2 Å². The Balaban J connectivity index is 1.71. The van der Waals surface area contributed by atoms with Gasteiger partial charge in [-0.3, -0.25) is 0 Å². The third kappa shape index (κ3) is 5.61. The van der Waals surface area contributed by atoms with Crippen LogP contribution >= 0.6 is 11.3 Å². The number of nitrogens with zero attached hydrogens (tertiary/aromatic N) is 3. The highest BCUT2D eigenvalue weighted by Crippen LogP contribution is 2.38. The van der Waals surface area contributed by atoms with Gasteiger partial charge in [-0.15, -0.1) is 17.3 Å². The van der Waals surface area contributed by atoms with Crippen LogP contribution in [0.3, 0.4) is 0 Å². The van der Waals surface area contributed by atoms with Crippen molar-refractivity contribution in [3.63, 3.8) is 0 Å². The molecule has 0 radical (unpaired) electrons. The number of halogens is 2. The predicted molar refractivity (Wildman–Crippen MR) is 141 cm³/mol. The van der Waals surface area contributed by atoms with Gasteiger partial charge in [-0.2, -0.15) is 5.10 Å². The number of hydrogen-bond donors (Lipinski definition) is 2. The first-order chi connectivity index (χ1) is 18.5. The maximum absolute atomic E-state index is 14.7. The number of carbonyl (C=O) groups is 1. The van der Waals surface area contributed by atoms with E-state index in [1.165, 1.54) is 17.5 Å². The Hall–Kier alpha value is -3.92. The number of carboxylic acid groups (broad SMARTS) is 1. The van der Waals surface area contributed by atoms with Gasteiger partial charge in [0.15, 0.2) is 5.69 Å². The lowest BCUT2D eigenvalue weighted by Gasteiger charge is -2.10. The van der Waals surface area contributed by atoms with E-state index in [2.05, 4.69) is 16.8 Å². The van der Waals surface area contributed by atoms with E-state index in [9.17, 15) is 27.1 Å². The van der Waals surface area contributed by atoms with Crippen molar-refractivity contribution in [1.82, 2.24) is 14.8 Å². The molecule has 39 heavy (non-hydrogen) atoms. The van der Waals surface area contributed by atoms with Crippen molar-refractivity contribution in [2.75, 3.05) is 0 Å². The molecule has 2 heterocycles. The quantitative estimate of drug-likeness (QED) is 0.301. The van der Waals surface area contributed by atoms with Crippen LogP contribution in [0.4, 0.5) is 8.78 Å². The molecule has 1 aliphatic rings. The van der Waals surface area contributed by atoms with Crippen LogP contribution in [0.25, 0.3) is 16.4 Å². The number of aromatic nitrogens is 3. The lowest BCUT2D eigenvalue weighted by atomic mass is 9.96. The number of sulfonamides is 1. The molecule has 0 bridgehead atoms. The second-order valence-electron chi connectivity index (χ2n) is 9.21. The molecule has 0 aliphatic heterocycles. The predicted octanol–water partition coefficient (Wildman–Crippen LogP) is 4.53. The second kappa shape index (κ2) is 10.3. The fourth-order valence-corrected chi connectivity index (χ4v) is 5.68. The summed E-state index contributed by atoms with van der Waals surface area (Å²) in [6.07, 6.45) is 2.82. The number of thiazole rings is 1. The molecule has 2 aromatic heterocycles. The van der Waals surface area contributed by atoms with E-state index in [4.69, 9.17) is 10.2 Å². The van der Waals surface area contributed by atoms with Gasteiger partial charge >= 0.3 is 5.97 Å². The van der Waals surface area contributed by atoms with Crippen molar-refractivity contribution in [3.05, 3.63) is 81.5 Å². The van der Waals surface area contributed by atoms with Crippen LogP contribution in [0, 0.1) is 29.4 Å². The van der Waals surface area contributed by atoms with Crippen molar-refractivity contribution in [2.24, 2.45) is 11.1 Å². The molecule has 0 saturated heterocycles. The Morgan fingerprint density at radius 3 is 2.59 bits per heavy atom. The molecule has 0 spiro atoms. The minimum absolute atomic E-state index is 0.117. The number of aromatic carboxylic acids is 1. The van der Waals surface area contributed by atoms with Crippen LogP contribution in [0.5, 0.6) is 0 Å². The maximum Gasteiger partial charge on any atom is 0.355 e. The normalized spacial score (nSPS) is 13.2. The van der Waals surface area contributed by atoms with Gasteiger partial charge in [-0.1, -0.05) is 12.0 Å². The fourth-order valence-electron chi connectivity index (χ4n) is 4.32. The zero-order chi connectivity index (χ0) is 27.9. The fraction of sp³-hybridized carbons (Fsp3) is 0.222. The van der Waals surface area contributed by atoms with Crippen LogP contribution in [0.2, 0.25) is 0 Å². The van der Waals surface area contributed by atoms with E-state index in [0.29, 0.717) is 39.9 Å². The van der Waals surface area contributed by atoms with Gasteiger partial charge in [0.05, 0.1) is 17.0 Å². The molecule has 3 N–H and O–H groups in total. The monoisotopic (exact) mass is 568 g/mol. The summed E-state index contributed by atoms with van der Waals surface area (Å²) in [5, 5.41) is 21.1. The summed E-state index contributed by atoms with van der Waals surface area (Å²) in [5.41, 5.74) is 3.06. The zero-order valence-electron chi connectivity index (χ0n) is 20.6. The van der Waals surface area contributed by atoms with E-state index in [-0.39, 0.29) is 17.7 Å². The summed E-state index contributed by atoms with van der Waals surface area (Å²) in [6, 6.07) is 8.17. The molecule has 12 heteroatoms. The first-order valence-corrected chi connectivity index (χ1v) is 14.3. The highest BCUT2D eigenvalue weighted by atomic mass is 32.2. The lowest BCUT2D eigenvalue weighted by Crippen LogP contribution is -2.14. The highest BCUT2D eigenvalue weighted by molar-refractivity contribution is 7.89. The number of rotatable bonds is 8. The summed E-state index contributed by atoms with van der Waals surface area (Å²) < 4.78 is 54.1. The average molecular weight is 569 g/mol. The van der Waals surface area contributed by atoms with Crippen LogP contribution in [0.1, 0.15) is 52.6 Å². The molecule has 4 aromatic rings. The Bertz CT molecular complexity index is 1780. The minimum atomic E-state index is -4.24. The molecule has 0 atom stereocenters. The Labute approximate surface area is 227 Å².